The molecule has 5 heteroatoms. The van der Waals surface area contributed by atoms with Crippen LogP contribution < -0.4 is 16.1 Å². The Morgan fingerprint density at radius 2 is 1.86 bits per heavy atom. The number of aromatic nitrogens is 2. The Hall–Kier alpha value is -2.66. The van der Waals surface area contributed by atoms with Gasteiger partial charge in [0, 0.05) is 30.3 Å². The van der Waals surface area contributed by atoms with Crippen LogP contribution >= 0.6 is 0 Å². The molecule has 0 unspecified atom stereocenters. The summed E-state index contributed by atoms with van der Waals surface area (Å²) in [6.45, 7) is 4.99. The highest BCUT2D eigenvalue weighted by Gasteiger charge is 2.22. The third-order valence-electron chi connectivity index (χ3n) is 6.47. The van der Waals surface area contributed by atoms with E-state index < -0.39 is 0 Å². The molecular formula is C24H28N4O. The van der Waals surface area contributed by atoms with Crippen LogP contribution in [0.2, 0.25) is 0 Å². The average molecular weight is 389 g/mol. The van der Waals surface area contributed by atoms with E-state index in [1.807, 2.05) is 18.3 Å². The standard InChI is InChI=1S/C24H28N4O/c1-2-28-22(16-7-9-25-10-8-16)14-23(29)21-13-20(15-26-24(21)28)27-19-11-17-5-3-4-6-18(17)12-19/h3-6,13-16,19,25,27H,2,7-12H2,1H3. The van der Waals surface area contributed by atoms with E-state index in [-0.39, 0.29) is 5.43 Å². The smallest absolute Gasteiger partial charge is 0.191 e. The summed E-state index contributed by atoms with van der Waals surface area (Å²) in [5.74, 6) is 0.435. The van der Waals surface area contributed by atoms with E-state index in [4.69, 9.17) is 4.98 Å². The van der Waals surface area contributed by atoms with Crippen molar-refractivity contribution in [1.82, 2.24) is 14.9 Å². The molecule has 1 saturated heterocycles. The molecule has 1 fully saturated rings. The lowest BCUT2D eigenvalue weighted by Gasteiger charge is -2.26. The Morgan fingerprint density at radius 1 is 1.14 bits per heavy atom. The highest BCUT2D eigenvalue weighted by atomic mass is 16.1. The fourth-order valence-corrected chi connectivity index (χ4v) is 5.03. The summed E-state index contributed by atoms with van der Waals surface area (Å²) in [6, 6.07) is 12.8. The van der Waals surface area contributed by atoms with E-state index in [1.54, 1.807) is 0 Å². The van der Waals surface area contributed by atoms with Crippen LogP contribution in [0.4, 0.5) is 5.69 Å². The zero-order chi connectivity index (χ0) is 19.8. The highest BCUT2D eigenvalue weighted by Crippen LogP contribution is 2.28. The monoisotopic (exact) mass is 388 g/mol. The minimum Gasteiger partial charge on any atom is -0.380 e. The van der Waals surface area contributed by atoms with E-state index in [9.17, 15) is 4.79 Å². The van der Waals surface area contributed by atoms with Crippen LogP contribution in [0.25, 0.3) is 11.0 Å². The molecule has 5 rings (SSSR count). The molecule has 29 heavy (non-hydrogen) atoms. The molecule has 1 aromatic carbocycles. The third-order valence-corrected chi connectivity index (χ3v) is 6.47. The molecule has 1 aliphatic carbocycles. The SMILES string of the molecule is CCn1c(C2CCNCC2)cc(=O)c2cc(NC3Cc4ccccc4C3)cnc21. The van der Waals surface area contributed by atoms with Crippen LogP contribution in [0.3, 0.4) is 0 Å². The van der Waals surface area contributed by atoms with Gasteiger partial charge in [-0.2, -0.15) is 0 Å². The molecule has 3 heterocycles. The molecule has 2 aromatic heterocycles. The zero-order valence-electron chi connectivity index (χ0n) is 16.9. The number of rotatable bonds is 4. The van der Waals surface area contributed by atoms with E-state index in [2.05, 4.69) is 46.4 Å². The Bertz CT molecular complexity index is 1070. The van der Waals surface area contributed by atoms with E-state index in [0.717, 1.165) is 62.3 Å². The van der Waals surface area contributed by atoms with Crippen LogP contribution in [-0.4, -0.2) is 28.7 Å². The lowest BCUT2D eigenvalue weighted by molar-refractivity contribution is 0.440. The molecule has 0 atom stereocenters. The summed E-state index contributed by atoms with van der Waals surface area (Å²) in [5.41, 5.74) is 5.81. The Kier molecular flexibility index (Phi) is 4.84. The second-order valence-corrected chi connectivity index (χ2v) is 8.32. The first-order valence-corrected chi connectivity index (χ1v) is 10.8. The van der Waals surface area contributed by atoms with Crippen molar-refractivity contribution in [2.75, 3.05) is 18.4 Å². The van der Waals surface area contributed by atoms with Gasteiger partial charge in [0.1, 0.15) is 5.65 Å². The predicted molar refractivity (Wildman–Crippen MR) is 118 cm³/mol. The van der Waals surface area contributed by atoms with Gasteiger partial charge >= 0.3 is 0 Å². The van der Waals surface area contributed by atoms with Crippen molar-refractivity contribution in [3.8, 4) is 0 Å². The van der Waals surface area contributed by atoms with Crippen molar-refractivity contribution >= 4 is 16.7 Å². The molecule has 2 N–H and O–H groups in total. The molecular weight excluding hydrogens is 360 g/mol. The number of aryl methyl sites for hydroxylation is 1. The minimum absolute atomic E-state index is 0.0871. The number of hydrogen-bond donors (Lipinski definition) is 2. The fraction of sp³-hybridized carbons (Fsp3) is 0.417. The quantitative estimate of drug-likeness (QED) is 0.719. The van der Waals surface area contributed by atoms with Crippen molar-refractivity contribution < 1.29 is 0 Å². The molecule has 0 bridgehead atoms. The summed E-state index contributed by atoms with van der Waals surface area (Å²) < 4.78 is 2.24. The maximum Gasteiger partial charge on any atom is 0.191 e. The molecule has 150 valence electrons. The summed E-state index contributed by atoms with van der Waals surface area (Å²) in [7, 11) is 0. The molecule has 5 nitrogen and oxygen atoms in total. The van der Waals surface area contributed by atoms with E-state index in [1.165, 1.54) is 11.1 Å². The van der Waals surface area contributed by atoms with Crippen LogP contribution in [0.15, 0.2) is 47.4 Å². The fourth-order valence-electron chi connectivity index (χ4n) is 5.03. The number of nitrogens with zero attached hydrogens (tertiary/aromatic N) is 2. The van der Waals surface area contributed by atoms with Crippen molar-refractivity contribution in [1.29, 1.82) is 0 Å². The number of anilines is 1. The van der Waals surface area contributed by atoms with Gasteiger partial charge in [-0.25, -0.2) is 4.98 Å². The number of fused-ring (bicyclic) bond motifs is 2. The van der Waals surface area contributed by atoms with Gasteiger partial charge in [-0.15, -0.1) is 0 Å². The Labute approximate surface area is 171 Å². The largest absolute Gasteiger partial charge is 0.380 e. The predicted octanol–water partition coefficient (Wildman–Crippen LogP) is 3.46. The van der Waals surface area contributed by atoms with Gasteiger partial charge in [0.15, 0.2) is 5.43 Å². The first-order chi connectivity index (χ1) is 14.2. The van der Waals surface area contributed by atoms with Crippen LogP contribution in [-0.2, 0) is 19.4 Å². The van der Waals surface area contributed by atoms with Gasteiger partial charge in [0.05, 0.1) is 17.3 Å². The van der Waals surface area contributed by atoms with Crippen molar-refractivity contribution in [3.05, 3.63) is 69.6 Å². The lowest BCUT2D eigenvalue weighted by Crippen LogP contribution is -2.29. The number of piperidine rings is 1. The third kappa shape index (κ3) is 3.44. The highest BCUT2D eigenvalue weighted by molar-refractivity contribution is 5.79. The average Bonchev–Trinajstić information content (AvgIpc) is 3.17. The van der Waals surface area contributed by atoms with Gasteiger partial charge < -0.3 is 15.2 Å². The van der Waals surface area contributed by atoms with Gasteiger partial charge in [0.2, 0.25) is 0 Å². The number of hydrogen-bond acceptors (Lipinski definition) is 4. The normalized spacial score (nSPS) is 17.6. The van der Waals surface area contributed by atoms with Crippen molar-refractivity contribution in [3.63, 3.8) is 0 Å². The summed E-state index contributed by atoms with van der Waals surface area (Å²) in [5, 5.41) is 7.73. The maximum atomic E-state index is 13.0. The molecule has 2 aliphatic rings. The minimum atomic E-state index is 0.0871. The zero-order valence-corrected chi connectivity index (χ0v) is 16.9. The van der Waals surface area contributed by atoms with Gasteiger partial charge in [-0.3, -0.25) is 4.79 Å². The Balaban J connectivity index is 1.46. The molecule has 0 amide bonds. The molecule has 0 radical (unpaired) electrons. The van der Waals surface area contributed by atoms with Crippen molar-refractivity contribution in [2.24, 2.45) is 0 Å². The van der Waals surface area contributed by atoms with Crippen molar-refractivity contribution in [2.45, 2.75) is 51.1 Å². The van der Waals surface area contributed by atoms with Gasteiger partial charge in [-0.05, 0) is 62.9 Å². The molecule has 1 aliphatic heterocycles. The second kappa shape index (κ2) is 7.64. The number of pyridine rings is 2. The summed E-state index contributed by atoms with van der Waals surface area (Å²) in [4.78, 5) is 17.7. The maximum absolute atomic E-state index is 13.0. The molecule has 0 saturated carbocycles. The van der Waals surface area contributed by atoms with Crippen LogP contribution in [0, 0.1) is 0 Å². The number of nitrogens with one attached hydrogen (secondary N) is 2. The molecule has 3 aromatic rings. The number of benzene rings is 1. The second-order valence-electron chi connectivity index (χ2n) is 8.32. The Morgan fingerprint density at radius 3 is 2.55 bits per heavy atom. The topological polar surface area (TPSA) is 59.0 Å². The van der Waals surface area contributed by atoms with Gasteiger partial charge in [-0.1, -0.05) is 24.3 Å². The van der Waals surface area contributed by atoms with E-state index >= 15 is 0 Å². The first kappa shape index (κ1) is 18.4. The van der Waals surface area contributed by atoms with E-state index in [0.29, 0.717) is 17.3 Å². The first-order valence-electron chi connectivity index (χ1n) is 10.8. The van der Waals surface area contributed by atoms with Crippen LogP contribution in [0.1, 0.15) is 42.5 Å². The van der Waals surface area contributed by atoms with Crippen LogP contribution in [0.5, 0.6) is 0 Å². The summed E-state index contributed by atoms with van der Waals surface area (Å²) >= 11 is 0. The van der Waals surface area contributed by atoms with Gasteiger partial charge in [0.25, 0.3) is 0 Å². The molecule has 0 spiro atoms. The lowest BCUT2D eigenvalue weighted by atomic mass is 9.93. The summed E-state index contributed by atoms with van der Waals surface area (Å²) in [6.07, 6.45) is 6.08.